The first kappa shape index (κ1) is 21.3. The number of rotatable bonds is 5. The Labute approximate surface area is 170 Å². The van der Waals surface area contributed by atoms with E-state index in [1.54, 1.807) is 0 Å². The number of nitrogens with zero attached hydrogens (tertiary/aromatic N) is 3. The van der Waals surface area contributed by atoms with E-state index in [1.807, 2.05) is 0 Å². The van der Waals surface area contributed by atoms with Crippen LogP contribution in [0.5, 0.6) is 5.75 Å². The molecule has 0 atom stereocenters. The summed E-state index contributed by atoms with van der Waals surface area (Å²) in [5, 5.41) is 28.6. The molecule has 3 aromatic carbocycles. The van der Waals surface area contributed by atoms with Crippen LogP contribution in [0, 0.1) is 10.1 Å². The van der Waals surface area contributed by atoms with Crippen LogP contribution < -0.4 is 0 Å². The number of phenols is 1. The van der Waals surface area contributed by atoms with Crippen LogP contribution in [0.2, 0.25) is 0 Å². The van der Waals surface area contributed by atoms with Crippen LogP contribution in [0.25, 0.3) is 10.8 Å². The number of aromatic hydroxyl groups is 1. The van der Waals surface area contributed by atoms with Crippen LogP contribution >= 0.6 is 0 Å². The van der Waals surface area contributed by atoms with Crippen molar-refractivity contribution < 1.29 is 31.4 Å². The maximum Gasteiger partial charge on any atom is 0.295 e. The average Bonchev–Trinajstić information content (AvgIpc) is 2.65. The van der Waals surface area contributed by atoms with Gasteiger partial charge in [-0.3, -0.25) is 14.7 Å². The second-order valence-electron chi connectivity index (χ2n) is 6.14. The molecule has 0 aliphatic heterocycles. The van der Waals surface area contributed by atoms with Gasteiger partial charge in [0, 0.05) is 29.2 Å². The molecule has 30 heavy (non-hydrogen) atoms. The van der Waals surface area contributed by atoms with E-state index < -0.39 is 40.4 Å². The summed E-state index contributed by atoms with van der Waals surface area (Å²) in [4.78, 5) is 9.19. The van der Waals surface area contributed by atoms with Crippen molar-refractivity contribution in [3.63, 3.8) is 0 Å². The molecule has 13 heteroatoms. The normalized spacial score (nSPS) is 12.5. The van der Waals surface area contributed by atoms with Crippen LogP contribution in [-0.4, -0.2) is 37.7 Å². The maximum atomic E-state index is 12.0. The largest absolute Gasteiger partial charge is 0.507 e. The molecule has 0 saturated carbocycles. The lowest BCUT2D eigenvalue weighted by atomic mass is 10.1. The van der Waals surface area contributed by atoms with E-state index in [-0.39, 0.29) is 27.9 Å². The minimum atomic E-state index is -4.68. The van der Waals surface area contributed by atoms with Crippen LogP contribution in [0.4, 0.5) is 17.1 Å². The Kier molecular flexibility index (Phi) is 5.28. The molecule has 0 aliphatic rings. The topological polar surface area (TPSA) is 177 Å². The standard InChI is InChI=1S/C17H13N3O8S2/c1-29(24,25)16-9-10(20(22)23)5-6-12(16)18-19-13-7-8-14(21)11-3-2-4-15(17(11)13)30(26,27)28/h2-9,21H,1H3,(H,26,27,28). The molecule has 0 fully saturated rings. The van der Waals surface area contributed by atoms with Gasteiger partial charge in [0.25, 0.3) is 15.8 Å². The minimum absolute atomic E-state index is 0.0635. The molecule has 0 unspecified atom stereocenters. The minimum Gasteiger partial charge on any atom is -0.507 e. The van der Waals surface area contributed by atoms with Crippen molar-refractivity contribution in [2.75, 3.05) is 6.26 Å². The Hall–Kier alpha value is -3.42. The summed E-state index contributed by atoms with van der Waals surface area (Å²) in [5.41, 5.74) is -0.763. The Morgan fingerprint density at radius 3 is 2.17 bits per heavy atom. The van der Waals surface area contributed by atoms with E-state index >= 15 is 0 Å². The lowest BCUT2D eigenvalue weighted by molar-refractivity contribution is -0.385. The Balaban J connectivity index is 2.26. The summed E-state index contributed by atoms with van der Waals surface area (Å²) in [6.07, 6.45) is 0.845. The fraction of sp³-hybridized carbons (Fsp3) is 0.0588. The molecule has 0 saturated heterocycles. The van der Waals surface area contributed by atoms with E-state index in [1.165, 1.54) is 24.3 Å². The van der Waals surface area contributed by atoms with Gasteiger partial charge >= 0.3 is 0 Å². The number of nitro benzene ring substituents is 1. The summed E-state index contributed by atoms with van der Waals surface area (Å²) in [7, 11) is -8.59. The van der Waals surface area contributed by atoms with Gasteiger partial charge in [0.15, 0.2) is 9.84 Å². The summed E-state index contributed by atoms with van der Waals surface area (Å²) in [6, 6.07) is 9.22. The van der Waals surface area contributed by atoms with Crippen molar-refractivity contribution in [2.45, 2.75) is 9.79 Å². The molecule has 0 radical (unpaired) electrons. The van der Waals surface area contributed by atoms with Crippen LogP contribution in [-0.2, 0) is 20.0 Å². The van der Waals surface area contributed by atoms with Gasteiger partial charge in [0.2, 0.25) is 0 Å². The number of hydrogen-bond acceptors (Lipinski definition) is 9. The number of nitro groups is 1. The molecule has 3 rings (SSSR count). The highest BCUT2D eigenvalue weighted by Gasteiger charge is 2.20. The summed E-state index contributed by atoms with van der Waals surface area (Å²) in [6.45, 7) is 0. The highest BCUT2D eigenvalue weighted by Crippen LogP contribution is 2.38. The zero-order chi connectivity index (χ0) is 22.3. The fourth-order valence-electron chi connectivity index (χ4n) is 2.74. The molecule has 0 spiro atoms. The highest BCUT2D eigenvalue weighted by atomic mass is 32.2. The van der Waals surface area contributed by atoms with Gasteiger partial charge in [-0.05, 0) is 24.3 Å². The van der Waals surface area contributed by atoms with Gasteiger partial charge in [-0.15, -0.1) is 10.2 Å². The highest BCUT2D eigenvalue weighted by molar-refractivity contribution is 7.90. The van der Waals surface area contributed by atoms with Crippen molar-refractivity contribution in [2.24, 2.45) is 10.2 Å². The lowest BCUT2D eigenvalue weighted by Crippen LogP contribution is -1.99. The molecule has 0 aliphatic carbocycles. The molecule has 11 nitrogen and oxygen atoms in total. The Morgan fingerprint density at radius 1 is 0.933 bits per heavy atom. The lowest BCUT2D eigenvalue weighted by Gasteiger charge is -2.08. The predicted molar refractivity (Wildman–Crippen MR) is 106 cm³/mol. The fourth-order valence-corrected chi connectivity index (χ4v) is 4.29. The number of non-ortho nitro benzene ring substituents is 1. The number of benzene rings is 3. The van der Waals surface area contributed by atoms with Crippen molar-refractivity contribution in [1.82, 2.24) is 0 Å². The van der Waals surface area contributed by atoms with Crippen molar-refractivity contribution in [1.29, 1.82) is 0 Å². The third-order valence-electron chi connectivity index (χ3n) is 4.05. The molecule has 0 bridgehead atoms. The third kappa shape index (κ3) is 4.12. The Bertz CT molecular complexity index is 1430. The SMILES string of the molecule is CS(=O)(=O)c1cc([N+](=O)[O-])ccc1N=Nc1ccc(O)c2cccc(S(=O)(=O)O)c12. The number of hydrogen-bond donors (Lipinski definition) is 2. The van der Waals surface area contributed by atoms with Gasteiger partial charge in [-0.25, -0.2) is 8.42 Å². The van der Waals surface area contributed by atoms with Gasteiger partial charge in [-0.2, -0.15) is 8.42 Å². The Morgan fingerprint density at radius 2 is 1.57 bits per heavy atom. The third-order valence-corrected chi connectivity index (χ3v) is 6.08. The van der Waals surface area contributed by atoms with Gasteiger partial charge in [0.05, 0.1) is 10.6 Å². The van der Waals surface area contributed by atoms with E-state index in [9.17, 15) is 36.6 Å². The zero-order valence-corrected chi connectivity index (χ0v) is 16.8. The molecular formula is C17H13N3O8S2. The second kappa shape index (κ2) is 7.44. The number of fused-ring (bicyclic) bond motifs is 1. The first-order valence-electron chi connectivity index (χ1n) is 8.02. The quantitative estimate of drug-likeness (QED) is 0.256. The van der Waals surface area contributed by atoms with E-state index in [0.717, 1.165) is 30.5 Å². The molecule has 156 valence electrons. The molecule has 0 amide bonds. The second-order valence-corrected chi connectivity index (χ2v) is 9.51. The zero-order valence-electron chi connectivity index (χ0n) is 15.1. The molecule has 2 N–H and O–H groups in total. The van der Waals surface area contributed by atoms with E-state index in [4.69, 9.17) is 0 Å². The average molecular weight is 451 g/mol. The molecule has 3 aromatic rings. The van der Waals surface area contributed by atoms with Crippen molar-refractivity contribution in [3.8, 4) is 5.75 Å². The summed E-state index contributed by atoms with van der Waals surface area (Å²) in [5.74, 6) is -0.276. The smallest absolute Gasteiger partial charge is 0.295 e. The van der Waals surface area contributed by atoms with Gasteiger partial charge in [0.1, 0.15) is 21.2 Å². The monoisotopic (exact) mass is 451 g/mol. The van der Waals surface area contributed by atoms with Gasteiger partial charge in [-0.1, -0.05) is 12.1 Å². The molecular weight excluding hydrogens is 438 g/mol. The predicted octanol–water partition coefficient (Wildman–Crippen LogP) is 3.52. The summed E-state index contributed by atoms with van der Waals surface area (Å²) >= 11 is 0. The van der Waals surface area contributed by atoms with Crippen molar-refractivity contribution >= 4 is 47.8 Å². The van der Waals surface area contributed by atoms with E-state index in [2.05, 4.69) is 10.2 Å². The number of azo groups is 1. The first-order valence-corrected chi connectivity index (χ1v) is 11.3. The van der Waals surface area contributed by atoms with E-state index in [0.29, 0.717) is 0 Å². The number of phenolic OH excluding ortho intramolecular Hbond substituents is 1. The van der Waals surface area contributed by atoms with Crippen LogP contribution in [0.15, 0.2) is 68.6 Å². The van der Waals surface area contributed by atoms with Gasteiger partial charge < -0.3 is 5.11 Å². The van der Waals surface area contributed by atoms with Crippen molar-refractivity contribution in [3.05, 3.63) is 58.6 Å². The maximum absolute atomic E-state index is 12.0. The molecule has 0 aromatic heterocycles. The van der Waals surface area contributed by atoms with Crippen LogP contribution in [0.1, 0.15) is 0 Å². The van der Waals surface area contributed by atoms with Crippen LogP contribution in [0.3, 0.4) is 0 Å². The number of sulfone groups is 1. The molecule has 0 heterocycles. The first-order chi connectivity index (χ1) is 13.9. The summed E-state index contributed by atoms with van der Waals surface area (Å²) < 4.78 is 57.0.